The molecule has 0 saturated carbocycles. The van der Waals surface area contributed by atoms with Gasteiger partial charge >= 0.3 is 0 Å². The first-order valence-electron chi connectivity index (χ1n) is 32.9. The van der Waals surface area contributed by atoms with Crippen LogP contribution in [0.25, 0.3) is 5.53 Å². The maximum Gasteiger partial charge on any atom is 0.201 e. The monoisotopic (exact) mass is 1350 g/mol. The number of aromatic hydroxyl groups is 4. The van der Waals surface area contributed by atoms with Crippen LogP contribution in [-0.2, 0) is 56.9 Å². The molecule has 10 aliphatic rings. The van der Waals surface area contributed by atoms with Crippen LogP contribution >= 0.6 is 0 Å². The number of hydrogen-bond acceptors (Lipinski definition) is 26. The Balaban J connectivity index is 1.20. The molecular formula is C69H86N4O24. The first-order valence-corrected chi connectivity index (χ1v) is 32.9. The normalized spacial score (nSPS) is 39.0. The number of carbonyl (C=O) groups is 5. The third-order valence-electron chi connectivity index (χ3n) is 21.8. The van der Waals surface area contributed by atoms with Crippen LogP contribution in [-0.4, -0.2) is 257 Å². The summed E-state index contributed by atoms with van der Waals surface area (Å²) in [4.78, 5) is 83.8. The molecule has 0 spiro atoms. The van der Waals surface area contributed by atoms with Gasteiger partial charge in [0.15, 0.2) is 54.3 Å². The summed E-state index contributed by atoms with van der Waals surface area (Å²) in [7, 11) is 11.3. The summed E-state index contributed by atoms with van der Waals surface area (Å²) in [5.74, 6) is -13.6. The summed E-state index contributed by atoms with van der Waals surface area (Å²) >= 11 is 0. The Hall–Kier alpha value is -6.55. The first kappa shape index (κ1) is 70.3. The highest BCUT2D eigenvalue weighted by atomic mass is 16.7. The molecule has 2 aromatic rings. The van der Waals surface area contributed by atoms with Crippen molar-refractivity contribution in [3.8, 4) is 23.0 Å². The van der Waals surface area contributed by atoms with E-state index >= 15 is 24.0 Å². The predicted octanol–water partition coefficient (Wildman–Crippen LogP) is 2.55. The Morgan fingerprint density at radius 3 is 1.47 bits per heavy atom. The number of nitrogens with one attached hydrogen (secondary N) is 1. The smallest absolute Gasteiger partial charge is 0.201 e. The second-order valence-corrected chi connectivity index (χ2v) is 27.4. The summed E-state index contributed by atoms with van der Waals surface area (Å²) < 4.78 is 74.5. The van der Waals surface area contributed by atoms with Crippen LogP contribution in [0.1, 0.15) is 121 Å². The van der Waals surface area contributed by atoms with Gasteiger partial charge in [-0.2, -0.15) is 0 Å². The van der Waals surface area contributed by atoms with Crippen molar-refractivity contribution >= 4 is 28.9 Å². The average Bonchev–Trinajstić information content (AvgIpc) is 1.61. The lowest BCUT2D eigenvalue weighted by molar-refractivity contribution is -0.505. The van der Waals surface area contributed by atoms with Crippen molar-refractivity contribution in [2.24, 2.45) is 11.8 Å². The van der Waals surface area contributed by atoms with Crippen molar-refractivity contribution in [3.63, 3.8) is 0 Å². The zero-order valence-electron chi connectivity index (χ0n) is 56.2. The minimum Gasteiger partial charge on any atom is -0.511 e. The lowest BCUT2D eigenvalue weighted by Gasteiger charge is -2.59. The molecule has 0 radical (unpaired) electrons. The van der Waals surface area contributed by atoms with Gasteiger partial charge in [-0.05, 0) is 105 Å². The van der Waals surface area contributed by atoms with Crippen LogP contribution < -0.4 is 5.11 Å². The van der Waals surface area contributed by atoms with Crippen LogP contribution in [0, 0.1) is 11.8 Å². The van der Waals surface area contributed by atoms with Crippen molar-refractivity contribution in [1.82, 2.24) is 9.80 Å². The van der Waals surface area contributed by atoms with Crippen molar-refractivity contribution in [2.75, 3.05) is 49.5 Å². The number of allylic oxidation sites excluding steroid dienone is 5. The van der Waals surface area contributed by atoms with E-state index in [1.807, 2.05) is 0 Å². The molecule has 12 rings (SSSR count). The SMILES string of the molecule is CCC1(OC2CC(OC)C(O)C(C)O2)C(OC2CC(O)C(N(C)C)C(C)O2)C2=C(C(=O)C1C1C(O)=C3C(=CC4=C3C(=O)c3c(O)ccc(O)c3C4=O)C(OC3CC(O)C(N(C)C)C(C)O3)C1(CC)OC1CC(OC)C(OC)C(C)O1)C1=C(C(=O)c3c(O)ccc(O)c3C1=O)C2[NH+]=[N-]. The molecule has 28 nitrogen and oxygen atoms in total. The summed E-state index contributed by atoms with van der Waals surface area (Å²) in [6, 6.07) is 0.877. The average molecular weight is 1360 g/mol. The number of hydrogen-bond donors (Lipinski definition) is 9. The fraction of sp³-hybridized carbons (Fsp3) is 0.609. The summed E-state index contributed by atoms with van der Waals surface area (Å²) in [5.41, 5.74) is 0.626. The van der Waals surface area contributed by atoms with Crippen LogP contribution in [0.15, 0.2) is 80.7 Å². The molecule has 0 aromatic heterocycles. The summed E-state index contributed by atoms with van der Waals surface area (Å²) in [6.07, 6.45) is -19.8. The number of phenolic OH excluding ortho intramolecular Hbond substituents is 4. The number of carbonyl (C=O) groups excluding carboxylic acids is 5. The number of likely N-dealkylation sites (N-methyl/N-ethyl adjacent to an activating group) is 2. The summed E-state index contributed by atoms with van der Waals surface area (Å²) in [6.45, 7) is 9.90. The number of Topliss-reactive ketones (excluding diaryl/α,β-unsaturated/α-hetero) is 5. The second-order valence-electron chi connectivity index (χ2n) is 27.4. The van der Waals surface area contributed by atoms with Crippen LogP contribution in [0.2, 0.25) is 0 Å². The van der Waals surface area contributed by atoms with Crippen molar-refractivity contribution < 1.29 is 122 Å². The fourth-order valence-corrected chi connectivity index (χ4v) is 17.6. The Labute approximate surface area is 559 Å². The molecule has 0 amide bonds. The second kappa shape index (κ2) is 26.2. The molecule has 97 heavy (non-hydrogen) atoms. The third-order valence-corrected chi connectivity index (χ3v) is 21.8. The number of benzene rings is 2. The first-order chi connectivity index (χ1) is 46.0. The molecule has 4 saturated heterocycles. The number of methoxy groups -OCH3 is 3. The molecule has 28 heteroatoms. The number of aliphatic hydroxyl groups excluding tert-OH is 4. The molecule has 526 valence electrons. The molecule has 6 aliphatic carbocycles. The minimum absolute atomic E-state index is 0.124. The predicted molar refractivity (Wildman–Crippen MR) is 335 cm³/mol. The topological polar surface area (TPSA) is 391 Å². The molecule has 23 unspecified atom stereocenters. The molecule has 9 N–H and O–H groups in total. The van der Waals surface area contributed by atoms with Gasteiger partial charge in [0.05, 0.1) is 101 Å². The van der Waals surface area contributed by atoms with Gasteiger partial charge in [0.25, 0.3) is 0 Å². The molecule has 2 aromatic carbocycles. The molecule has 23 atom stereocenters. The van der Waals surface area contributed by atoms with Crippen molar-refractivity contribution in [3.05, 3.63) is 108 Å². The highest BCUT2D eigenvalue weighted by molar-refractivity contribution is 6.35. The number of ether oxygens (including phenoxy) is 11. The van der Waals surface area contributed by atoms with Crippen LogP contribution in [0.4, 0.5) is 0 Å². The van der Waals surface area contributed by atoms with E-state index in [9.17, 15) is 46.4 Å². The quantitative estimate of drug-likeness (QED) is 0.0811. The summed E-state index contributed by atoms with van der Waals surface area (Å²) in [5, 5.41) is 98.5. The Kier molecular flexibility index (Phi) is 19.0. The van der Waals surface area contributed by atoms with Gasteiger partial charge in [-0.25, -0.2) is 0 Å². The van der Waals surface area contributed by atoms with Gasteiger partial charge in [-0.1, -0.05) is 13.8 Å². The number of rotatable bonds is 17. The van der Waals surface area contributed by atoms with E-state index in [2.05, 4.69) is 5.11 Å². The van der Waals surface area contributed by atoms with Gasteiger partial charge in [0.1, 0.15) is 64.4 Å². The fourth-order valence-electron chi connectivity index (χ4n) is 17.6. The molecule has 4 aliphatic heterocycles. The van der Waals surface area contributed by atoms with E-state index in [4.69, 9.17) is 52.1 Å². The number of fused-ring (bicyclic) bond motifs is 5. The van der Waals surface area contributed by atoms with Gasteiger partial charge in [0, 0.05) is 80.5 Å². The van der Waals surface area contributed by atoms with Crippen LogP contribution in [0.3, 0.4) is 0 Å². The van der Waals surface area contributed by atoms with Crippen LogP contribution in [0.5, 0.6) is 23.0 Å². The molecule has 4 heterocycles. The number of aliphatic hydroxyl groups is 4. The standard InChI is InChI=1S/C69H86N4O24/c1-14-68(96-42-24-38(88-12)65(89-13)28(6)93-42)53(63(85)44-30(66(68)94-39-21-35(78)56(72(7)8)25(3)90-39)20-29-43(44)60(82)46-32(75)17-16-31(74)45(46)59(29)81)54-64(86)50-49-51(62(84)48-34(77)19-18-33(76)47(48)61(49)83)55(71-70)52(50)67(95-40-22-36(79)57(73(9)10)26(4)91-40)69(54,15-2)97-41-23-37(87-11)58(80)27(5)92-41/h16-20,25-28,35-42,53-58,65-67,71,74-80,85H,14-15,21-24H2,1-13H3. The molecule has 0 bridgehead atoms. The van der Waals surface area contributed by atoms with E-state index in [-0.39, 0.29) is 43.3 Å². The van der Waals surface area contributed by atoms with E-state index in [1.54, 1.807) is 79.5 Å². The number of ketones is 5. The van der Waals surface area contributed by atoms with E-state index in [1.165, 1.54) is 27.4 Å². The highest BCUT2D eigenvalue weighted by Crippen LogP contribution is 2.63. The van der Waals surface area contributed by atoms with Crippen molar-refractivity contribution in [2.45, 2.75) is 208 Å². The van der Waals surface area contributed by atoms with Gasteiger partial charge < -0.3 is 113 Å². The molecule has 4 fully saturated rings. The largest absolute Gasteiger partial charge is 0.511 e. The van der Waals surface area contributed by atoms with Gasteiger partial charge in [-0.3, -0.25) is 24.0 Å². The zero-order valence-corrected chi connectivity index (χ0v) is 56.2. The maximum absolute atomic E-state index is 17.9. The van der Waals surface area contributed by atoms with Gasteiger partial charge in [0.2, 0.25) is 5.78 Å². The number of nitrogens with zero attached hydrogens (tertiary/aromatic N) is 3. The lowest BCUT2D eigenvalue weighted by Crippen LogP contribution is -2.77. The highest BCUT2D eigenvalue weighted by Gasteiger charge is 2.72. The van der Waals surface area contributed by atoms with E-state index in [0.717, 1.165) is 24.3 Å². The molecular weight excluding hydrogens is 1270 g/mol. The lowest BCUT2D eigenvalue weighted by atomic mass is 9.55. The minimum atomic E-state index is -2.51. The van der Waals surface area contributed by atoms with Crippen molar-refractivity contribution in [1.29, 1.82) is 0 Å². The third kappa shape index (κ3) is 10.8. The Morgan fingerprint density at radius 1 is 0.546 bits per heavy atom. The Bertz CT molecular complexity index is 3740. The van der Waals surface area contributed by atoms with Gasteiger partial charge in [-0.15, -0.1) is 0 Å². The zero-order chi connectivity index (χ0) is 70.2. The number of phenols is 4. The maximum atomic E-state index is 17.9. The van der Waals surface area contributed by atoms with E-state index < -0.39 is 259 Å². The van der Waals surface area contributed by atoms with E-state index in [0.29, 0.717) is 0 Å². The Morgan fingerprint density at radius 2 is 1.00 bits per heavy atom.